The van der Waals surface area contributed by atoms with Crippen LogP contribution in [-0.2, 0) is 35.3 Å². The van der Waals surface area contributed by atoms with Crippen LogP contribution in [0.4, 0.5) is 0 Å². The van der Waals surface area contributed by atoms with Gasteiger partial charge in [0.1, 0.15) is 0 Å². The molecule has 0 aromatic heterocycles. The van der Waals surface area contributed by atoms with Crippen molar-refractivity contribution in [2.75, 3.05) is 14.2 Å². The van der Waals surface area contributed by atoms with Gasteiger partial charge in [0.15, 0.2) is 0 Å². The molecule has 1 fully saturated rings. The molecular weight excluding hydrogens is 785 g/mol. The molecule has 4 heteroatoms. The number of hydrogen-bond donors (Lipinski definition) is 0. The molecule has 0 radical (unpaired) electrons. The fourth-order valence-electron chi connectivity index (χ4n) is 15.8. The summed E-state index contributed by atoms with van der Waals surface area (Å²) < 4.78 is 9.84. The fourth-order valence-corrected chi connectivity index (χ4v) is 15.8. The number of ether oxygens (including phenoxy) is 2. The Hall–Kier alpha value is -6.00. The first-order valence-corrected chi connectivity index (χ1v) is 23.9. The Bertz CT molecular complexity index is 3190. The van der Waals surface area contributed by atoms with Gasteiger partial charge in [-0.3, -0.25) is 9.59 Å². The molecule has 11 aliphatic carbocycles. The van der Waals surface area contributed by atoms with Gasteiger partial charge in [0, 0.05) is 40.9 Å². The third kappa shape index (κ3) is 4.11. The zero-order valence-corrected chi connectivity index (χ0v) is 37.3. The molecule has 11 aliphatic rings. The lowest BCUT2D eigenvalue weighted by atomic mass is 9.68. The molecule has 4 nitrogen and oxygen atoms in total. The predicted octanol–water partition coefficient (Wildman–Crippen LogP) is 13.2. The smallest absolute Gasteiger partial charge is 0.305 e. The van der Waals surface area contributed by atoms with Gasteiger partial charge in [-0.05, 0) is 168 Å². The van der Waals surface area contributed by atoms with Crippen molar-refractivity contribution >= 4 is 56.1 Å². The van der Waals surface area contributed by atoms with Crippen molar-refractivity contribution in [3.8, 4) is 0 Å². The second kappa shape index (κ2) is 12.4. The van der Waals surface area contributed by atoms with Crippen molar-refractivity contribution in [2.24, 2.45) is 11.3 Å². The monoisotopic (exact) mass is 836 g/mol. The number of benzene rings is 4. The zero-order valence-electron chi connectivity index (χ0n) is 37.3. The highest BCUT2D eigenvalue weighted by molar-refractivity contribution is 6.28. The standard InChI is InChI=1S/C46H32O2.C14H20O2/c1-48-30(47)8-5-16-45(29-6-3-2-4-7-29)44-17-15-23-11-14-25-18-24-12-9-22-10-13-26-19-27-20-28(21-44)36-35(27)38-32(26)31(22)37-33(24)34(25)40-41(39(37)38)43(36)46(44,45)42(23)40;1-14(2,11-7-10-13(15)16-3)12-8-5-4-6-9-12/h2-4,6-7,10,12-15,17,19,21,26,32H,5,8-9,11,16,18,20H2,1H3;4-6,8-9H,7,10-11H2,1-3H3. The third-order valence-corrected chi connectivity index (χ3v) is 18.1. The first-order chi connectivity index (χ1) is 31.2. The Morgan fingerprint density at radius 3 is 2.16 bits per heavy atom. The maximum absolute atomic E-state index is 12.6. The normalized spacial score (nSPS) is 27.9. The van der Waals surface area contributed by atoms with Gasteiger partial charge in [-0.2, -0.15) is 0 Å². The lowest BCUT2D eigenvalue weighted by molar-refractivity contribution is -0.141. The highest BCUT2D eigenvalue weighted by atomic mass is 16.5. The first-order valence-electron chi connectivity index (χ1n) is 23.9. The van der Waals surface area contributed by atoms with Gasteiger partial charge in [-0.25, -0.2) is 0 Å². The van der Waals surface area contributed by atoms with Gasteiger partial charge in [0.05, 0.1) is 14.2 Å². The number of carbonyl (C=O) groups excluding carboxylic acids is 2. The first kappa shape index (κ1) is 37.4. The van der Waals surface area contributed by atoms with Gasteiger partial charge in [-0.15, -0.1) is 0 Å². The van der Waals surface area contributed by atoms with Crippen LogP contribution in [0.15, 0.2) is 120 Å². The Kier molecular flexibility index (Phi) is 7.25. The number of hydrogen-bond acceptors (Lipinski definition) is 4. The van der Waals surface area contributed by atoms with Crippen molar-refractivity contribution in [2.45, 2.75) is 100 Å². The molecule has 0 heterocycles. The van der Waals surface area contributed by atoms with E-state index in [9.17, 15) is 9.59 Å². The molecule has 0 N–H and O–H groups in total. The molecule has 5 unspecified atom stereocenters. The Morgan fingerprint density at radius 2 is 1.41 bits per heavy atom. The molecule has 0 bridgehead atoms. The van der Waals surface area contributed by atoms with Crippen LogP contribution in [0.25, 0.3) is 44.2 Å². The topological polar surface area (TPSA) is 52.6 Å². The van der Waals surface area contributed by atoms with Crippen LogP contribution in [0.1, 0.15) is 140 Å². The second-order valence-electron chi connectivity index (χ2n) is 21.0. The van der Waals surface area contributed by atoms with Crippen molar-refractivity contribution in [3.63, 3.8) is 0 Å². The van der Waals surface area contributed by atoms with Gasteiger partial charge in [-0.1, -0.05) is 123 Å². The average molecular weight is 837 g/mol. The molecule has 4 aromatic rings. The van der Waals surface area contributed by atoms with E-state index < -0.39 is 0 Å². The lowest BCUT2D eigenvalue weighted by Crippen LogP contribution is -2.25. The van der Waals surface area contributed by atoms with E-state index in [4.69, 9.17) is 4.74 Å². The van der Waals surface area contributed by atoms with Crippen LogP contribution >= 0.6 is 0 Å². The highest BCUT2D eigenvalue weighted by Crippen LogP contribution is 2.93. The molecule has 316 valence electrons. The van der Waals surface area contributed by atoms with Gasteiger partial charge in [0.25, 0.3) is 0 Å². The summed E-state index contributed by atoms with van der Waals surface area (Å²) in [5.74, 6) is 0.675. The van der Waals surface area contributed by atoms with Crippen molar-refractivity contribution < 1.29 is 19.1 Å². The van der Waals surface area contributed by atoms with Crippen LogP contribution < -0.4 is 0 Å². The zero-order chi connectivity index (χ0) is 43.1. The summed E-state index contributed by atoms with van der Waals surface area (Å²) in [4.78, 5) is 23.7. The SMILES string of the molecule is COC(=O)CCCC(C)(C)c1ccccc1.COC(=O)CCCC1(c2ccccc2)C23C=CC4=C5c6c7c8c9c%10c%11c%12c(c(c6%10)C521)C(=C3)CC%12=CC1C=CC(=C9C%111)CC=C8CC7=CC4. The summed E-state index contributed by atoms with van der Waals surface area (Å²) in [6.45, 7) is 4.42. The van der Waals surface area contributed by atoms with E-state index >= 15 is 0 Å². The van der Waals surface area contributed by atoms with Crippen molar-refractivity contribution in [1.29, 1.82) is 0 Å². The van der Waals surface area contributed by atoms with E-state index in [1.54, 1.807) is 94.3 Å². The Labute approximate surface area is 375 Å². The summed E-state index contributed by atoms with van der Waals surface area (Å²) in [7, 11) is 2.96. The molecule has 1 saturated carbocycles. The van der Waals surface area contributed by atoms with E-state index in [-0.39, 0.29) is 33.6 Å². The number of rotatable bonds is 10. The van der Waals surface area contributed by atoms with Crippen LogP contribution in [0, 0.1) is 11.3 Å². The number of methoxy groups -OCH3 is 2. The van der Waals surface area contributed by atoms with Crippen molar-refractivity contribution in [1.82, 2.24) is 0 Å². The minimum absolute atomic E-state index is 0.0994. The lowest BCUT2D eigenvalue weighted by Gasteiger charge is -2.34. The molecule has 5 atom stereocenters. The molecule has 0 amide bonds. The summed E-state index contributed by atoms with van der Waals surface area (Å²) in [5.41, 5.74) is 28.0. The summed E-state index contributed by atoms with van der Waals surface area (Å²) >= 11 is 0. The third-order valence-electron chi connectivity index (χ3n) is 18.1. The quantitative estimate of drug-likeness (QED) is 0.149. The number of allylic oxidation sites excluding steroid dienone is 16. The highest BCUT2D eigenvalue weighted by Gasteiger charge is 2.90. The minimum Gasteiger partial charge on any atom is -0.469 e. The molecule has 1 spiro atoms. The summed E-state index contributed by atoms with van der Waals surface area (Å²) in [5, 5.41) is 3.25. The van der Waals surface area contributed by atoms with Gasteiger partial charge in [0.2, 0.25) is 0 Å². The fraction of sp³-hybridized carbons (Fsp3) is 0.333. The van der Waals surface area contributed by atoms with Crippen LogP contribution in [-0.4, -0.2) is 26.2 Å². The molecular formula is C60H52O4. The van der Waals surface area contributed by atoms with Crippen molar-refractivity contribution in [3.05, 3.63) is 176 Å². The molecule has 4 aromatic carbocycles. The van der Waals surface area contributed by atoms with Crippen LogP contribution in [0.3, 0.4) is 0 Å². The van der Waals surface area contributed by atoms with E-state index in [0.717, 1.165) is 51.4 Å². The second-order valence-corrected chi connectivity index (χ2v) is 21.0. The minimum atomic E-state index is -0.170. The average Bonchev–Trinajstić information content (AvgIpc) is 3.70. The van der Waals surface area contributed by atoms with Crippen LogP contribution in [0.5, 0.6) is 0 Å². The van der Waals surface area contributed by atoms with E-state index in [1.807, 2.05) is 6.07 Å². The van der Waals surface area contributed by atoms with Gasteiger partial charge >= 0.3 is 11.9 Å². The van der Waals surface area contributed by atoms with Crippen LogP contribution in [0.2, 0.25) is 0 Å². The Balaban J connectivity index is 0.000000213. The predicted molar refractivity (Wildman–Crippen MR) is 256 cm³/mol. The molecule has 15 rings (SSSR count). The molecule has 0 saturated heterocycles. The number of carbonyl (C=O) groups is 2. The summed E-state index contributed by atoms with van der Waals surface area (Å²) in [6.07, 6.45) is 29.7. The largest absolute Gasteiger partial charge is 0.469 e. The molecule has 64 heavy (non-hydrogen) atoms. The van der Waals surface area contributed by atoms with E-state index in [1.165, 1.54) is 30.9 Å². The maximum atomic E-state index is 12.6. The maximum Gasteiger partial charge on any atom is 0.305 e. The Morgan fingerprint density at radius 1 is 0.719 bits per heavy atom. The number of esters is 2. The van der Waals surface area contributed by atoms with E-state index in [2.05, 4.69) is 122 Å². The summed E-state index contributed by atoms with van der Waals surface area (Å²) in [6, 6.07) is 21.9. The molecule has 0 aliphatic heterocycles. The van der Waals surface area contributed by atoms with E-state index in [0.29, 0.717) is 24.7 Å². The van der Waals surface area contributed by atoms with Gasteiger partial charge < -0.3 is 9.47 Å².